The number of benzene rings is 1. The Balaban J connectivity index is 1.81. The van der Waals surface area contributed by atoms with Crippen molar-refractivity contribution in [2.75, 3.05) is 18.8 Å². The van der Waals surface area contributed by atoms with Crippen molar-refractivity contribution in [1.29, 1.82) is 0 Å². The first-order valence-corrected chi connectivity index (χ1v) is 10.3. The highest BCUT2D eigenvalue weighted by atomic mass is 35.5. The molecule has 2 heterocycles. The zero-order valence-corrected chi connectivity index (χ0v) is 16.8. The molecule has 2 aromatic rings. The van der Waals surface area contributed by atoms with E-state index in [0.29, 0.717) is 40.6 Å². The van der Waals surface area contributed by atoms with Crippen molar-refractivity contribution in [2.45, 2.75) is 24.5 Å². The van der Waals surface area contributed by atoms with Crippen molar-refractivity contribution < 1.29 is 9.59 Å². The summed E-state index contributed by atoms with van der Waals surface area (Å²) >= 11 is 7.19. The van der Waals surface area contributed by atoms with Crippen LogP contribution in [0.5, 0.6) is 0 Å². The molecule has 9 heteroatoms. The van der Waals surface area contributed by atoms with Crippen LogP contribution in [0.2, 0.25) is 5.02 Å². The maximum Gasteiger partial charge on any atom is 0.262 e. The van der Waals surface area contributed by atoms with Gasteiger partial charge in [-0.05, 0) is 31.0 Å². The van der Waals surface area contributed by atoms with Crippen LogP contribution in [0.15, 0.2) is 40.8 Å². The van der Waals surface area contributed by atoms with Gasteiger partial charge in [0.05, 0.1) is 22.6 Å². The third-order valence-corrected chi connectivity index (χ3v) is 5.89. The molecule has 1 fully saturated rings. The summed E-state index contributed by atoms with van der Waals surface area (Å²) in [6, 6.07) is 4.94. The number of amides is 2. The van der Waals surface area contributed by atoms with Gasteiger partial charge in [-0.2, -0.15) is 0 Å². The summed E-state index contributed by atoms with van der Waals surface area (Å²) in [6.07, 6.45) is 3.06. The van der Waals surface area contributed by atoms with Crippen molar-refractivity contribution in [3.8, 4) is 0 Å². The van der Waals surface area contributed by atoms with E-state index in [-0.39, 0.29) is 35.6 Å². The lowest BCUT2D eigenvalue weighted by molar-refractivity contribution is -0.132. The zero-order chi connectivity index (χ0) is 20.3. The quantitative estimate of drug-likeness (QED) is 0.438. The molecule has 7 nitrogen and oxygen atoms in total. The minimum atomic E-state index is -0.375. The molecule has 1 aliphatic rings. The van der Waals surface area contributed by atoms with Gasteiger partial charge in [-0.15, -0.1) is 6.58 Å². The monoisotopic (exact) mass is 420 g/mol. The van der Waals surface area contributed by atoms with E-state index < -0.39 is 0 Å². The average Bonchev–Trinajstić information content (AvgIpc) is 2.69. The Morgan fingerprint density at radius 3 is 2.93 bits per heavy atom. The van der Waals surface area contributed by atoms with E-state index >= 15 is 0 Å². The molecule has 0 bridgehead atoms. The zero-order valence-electron chi connectivity index (χ0n) is 15.3. The Bertz CT molecular complexity index is 991. The molecule has 0 aliphatic carbocycles. The average molecular weight is 421 g/mol. The van der Waals surface area contributed by atoms with Gasteiger partial charge in [-0.25, -0.2) is 4.98 Å². The molecule has 1 aromatic heterocycles. The molecular formula is C19H21ClN4O3S. The molecule has 0 saturated carbocycles. The number of halogens is 1. The topological polar surface area (TPSA) is 98.3 Å². The number of piperidine rings is 1. The fraction of sp³-hybridized carbons (Fsp3) is 0.368. The number of nitrogens with zero attached hydrogens (tertiary/aromatic N) is 3. The van der Waals surface area contributed by atoms with Crippen molar-refractivity contribution >= 4 is 46.1 Å². The first-order valence-electron chi connectivity index (χ1n) is 8.91. The number of thioether (sulfide) groups is 1. The molecule has 148 valence electrons. The van der Waals surface area contributed by atoms with Crippen molar-refractivity contribution in [1.82, 2.24) is 14.5 Å². The molecule has 1 atom stereocenters. The Morgan fingerprint density at radius 2 is 2.21 bits per heavy atom. The highest BCUT2D eigenvalue weighted by molar-refractivity contribution is 7.99. The number of hydrogen-bond donors (Lipinski definition) is 1. The summed E-state index contributed by atoms with van der Waals surface area (Å²) in [5.74, 6) is -0.662. The van der Waals surface area contributed by atoms with Crippen LogP contribution in [0.1, 0.15) is 12.8 Å². The summed E-state index contributed by atoms with van der Waals surface area (Å²) in [5, 5.41) is 1.32. The Morgan fingerprint density at radius 1 is 1.43 bits per heavy atom. The van der Waals surface area contributed by atoms with Crippen LogP contribution in [-0.2, 0) is 16.1 Å². The van der Waals surface area contributed by atoms with E-state index in [1.807, 2.05) is 0 Å². The molecule has 2 N–H and O–H groups in total. The van der Waals surface area contributed by atoms with Gasteiger partial charge in [0.1, 0.15) is 0 Å². The van der Waals surface area contributed by atoms with Gasteiger partial charge in [0.25, 0.3) is 5.56 Å². The van der Waals surface area contributed by atoms with E-state index in [2.05, 4.69) is 11.6 Å². The molecule has 2 amide bonds. The van der Waals surface area contributed by atoms with Crippen LogP contribution in [-0.4, -0.2) is 45.1 Å². The van der Waals surface area contributed by atoms with E-state index in [0.717, 1.165) is 6.42 Å². The highest BCUT2D eigenvalue weighted by Gasteiger charge is 2.27. The minimum absolute atomic E-state index is 0.105. The van der Waals surface area contributed by atoms with Crippen LogP contribution >= 0.6 is 23.4 Å². The van der Waals surface area contributed by atoms with Crippen molar-refractivity contribution in [3.05, 3.63) is 46.2 Å². The van der Waals surface area contributed by atoms with Crippen LogP contribution in [0.3, 0.4) is 0 Å². The maximum atomic E-state index is 12.8. The number of likely N-dealkylation sites (tertiary alicyclic amines) is 1. The second-order valence-electron chi connectivity index (χ2n) is 6.63. The van der Waals surface area contributed by atoms with Crippen molar-refractivity contribution in [3.63, 3.8) is 0 Å². The normalized spacial score (nSPS) is 16.9. The summed E-state index contributed by atoms with van der Waals surface area (Å²) < 4.78 is 1.48. The van der Waals surface area contributed by atoms with Crippen LogP contribution in [0.4, 0.5) is 0 Å². The number of nitrogens with two attached hydrogens (primary N) is 1. The lowest BCUT2D eigenvalue weighted by Crippen LogP contribution is -2.44. The number of carbonyl (C=O) groups excluding carboxylic acids is 2. The first kappa shape index (κ1) is 20.4. The minimum Gasteiger partial charge on any atom is -0.369 e. The molecule has 0 spiro atoms. The van der Waals surface area contributed by atoms with Gasteiger partial charge in [-0.3, -0.25) is 19.0 Å². The Kier molecular flexibility index (Phi) is 6.41. The summed E-state index contributed by atoms with van der Waals surface area (Å²) in [6.45, 7) is 4.91. The predicted molar refractivity (Wildman–Crippen MR) is 110 cm³/mol. The van der Waals surface area contributed by atoms with E-state index in [4.69, 9.17) is 17.3 Å². The van der Waals surface area contributed by atoms with Gasteiger partial charge in [0.2, 0.25) is 11.8 Å². The second kappa shape index (κ2) is 8.79. The van der Waals surface area contributed by atoms with E-state index in [1.54, 1.807) is 29.2 Å². The maximum absolute atomic E-state index is 12.8. The summed E-state index contributed by atoms with van der Waals surface area (Å²) in [5.41, 5.74) is 5.68. The molecular weight excluding hydrogens is 400 g/mol. The van der Waals surface area contributed by atoms with Gasteiger partial charge < -0.3 is 10.6 Å². The number of carbonyl (C=O) groups is 2. The standard InChI is InChI=1S/C19H21ClN4O3S/c1-2-7-24-18(27)14-9-13(20)5-6-15(14)22-19(24)28-11-16(25)23-8-3-4-12(10-23)17(21)26/h2,5-6,9,12H,1,3-4,7-8,10-11H2,(H2,21,26)/t12-/m0/s1. The molecule has 0 unspecified atom stereocenters. The number of primary amides is 1. The SMILES string of the molecule is C=CCn1c(SCC(=O)N2CCC[C@H](C(N)=O)C2)nc2ccc(Cl)cc2c1=O. The number of hydrogen-bond acceptors (Lipinski definition) is 5. The van der Waals surface area contributed by atoms with Gasteiger partial charge in [-0.1, -0.05) is 29.4 Å². The molecule has 1 saturated heterocycles. The molecule has 3 rings (SSSR count). The third kappa shape index (κ3) is 4.39. The summed E-state index contributed by atoms with van der Waals surface area (Å²) in [7, 11) is 0. The van der Waals surface area contributed by atoms with Crippen LogP contribution in [0.25, 0.3) is 10.9 Å². The Hall–Kier alpha value is -2.32. The largest absolute Gasteiger partial charge is 0.369 e. The first-order chi connectivity index (χ1) is 13.4. The van der Waals surface area contributed by atoms with Gasteiger partial charge in [0, 0.05) is 24.7 Å². The fourth-order valence-electron chi connectivity index (χ4n) is 3.23. The number of fused-ring (bicyclic) bond motifs is 1. The highest BCUT2D eigenvalue weighted by Crippen LogP contribution is 2.22. The summed E-state index contributed by atoms with van der Waals surface area (Å²) in [4.78, 5) is 43.0. The predicted octanol–water partition coefficient (Wildman–Crippen LogP) is 2.05. The molecule has 1 aliphatic heterocycles. The number of allylic oxidation sites excluding steroid dienone is 1. The molecule has 1 aromatic carbocycles. The lowest BCUT2D eigenvalue weighted by Gasteiger charge is -2.31. The number of rotatable bonds is 6. The second-order valence-corrected chi connectivity index (χ2v) is 8.01. The van der Waals surface area contributed by atoms with Gasteiger partial charge >= 0.3 is 0 Å². The van der Waals surface area contributed by atoms with Crippen molar-refractivity contribution in [2.24, 2.45) is 11.7 Å². The molecule has 28 heavy (non-hydrogen) atoms. The lowest BCUT2D eigenvalue weighted by atomic mass is 9.97. The van der Waals surface area contributed by atoms with Crippen LogP contribution in [0, 0.1) is 5.92 Å². The number of aromatic nitrogens is 2. The van der Waals surface area contributed by atoms with E-state index in [1.165, 1.54) is 16.3 Å². The Labute approximate surface area is 171 Å². The molecule has 0 radical (unpaired) electrons. The fourth-order valence-corrected chi connectivity index (χ4v) is 4.31. The van der Waals surface area contributed by atoms with Gasteiger partial charge in [0.15, 0.2) is 5.16 Å². The van der Waals surface area contributed by atoms with Crippen LogP contribution < -0.4 is 11.3 Å². The third-order valence-electron chi connectivity index (χ3n) is 4.69. The smallest absolute Gasteiger partial charge is 0.262 e. The van der Waals surface area contributed by atoms with E-state index in [9.17, 15) is 14.4 Å².